The predicted octanol–water partition coefficient (Wildman–Crippen LogP) is 7.15. The second-order valence-corrected chi connectivity index (χ2v) is 9.14. The highest BCUT2D eigenvalue weighted by molar-refractivity contribution is 6.17. The Bertz CT molecular complexity index is 1050. The minimum absolute atomic E-state index is 0.340. The van der Waals surface area contributed by atoms with E-state index in [0.29, 0.717) is 24.8 Å². The lowest BCUT2D eigenvalue weighted by atomic mass is 9.79. The smallest absolute Gasteiger partial charge is 0.411 e. The number of nitrogens with one attached hydrogen (secondary N) is 1. The zero-order valence-electron chi connectivity index (χ0n) is 19.8. The van der Waals surface area contributed by atoms with Gasteiger partial charge in [0.05, 0.1) is 6.61 Å². The molecule has 0 aliphatic carbocycles. The van der Waals surface area contributed by atoms with Crippen molar-refractivity contribution in [2.45, 2.75) is 38.5 Å². The van der Waals surface area contributed by atoms with E-state index in [4.69, 9.17) is 16.3 Å². The number of carbonyl (C=O) groups excluding carboxylic acids is 1. The fraction of sp³-hybridized carbons (Fsp3) is 0.345. The number of amides is 1. The van der Waals surface area contributed by atoms with Crippen molar-refractivity contribution >= 4 is 29.1 Å². The number of halogens is 1. The number of rotatable bonds is 5. The van der Waals surface area contributed by atoms with Gasteiger partial charge in [-0.25, -0.2) is 4.79 Å². The van der Waals surface area contributed by atoms with Crippen LogP contribution >= 0.6 is 11.6 Å². The number of ether oxygens (including phenoxy) is 1. The molecule has 34 heavy (non-hydrogen) atoms. The maximum absolute atomic E-state index is 12.3. The Morgan fingerprint density at radius 3 is 2.41 bits per heavy atom. The molecule has 0 fully saturated rings. The van der Waals surface area contributed by atoms with Crippen LogP contribution in [0.3, 0.4) is 0 Å². The van der Waals surface area contributed by atoms with Crippen LogP contribution in [-0.2, 0) is 11.2 Å². The van der Waals surface area contributed by atoms with Gasteiger partial charge in [0.2, 0.25) is 0 Å². The fourth-order valence-corrected chi connectivity index (χ4v) is 5.03. The van der Waals surface area contributed by atoms with Crippen LogP contribution in [0.2, 0.25) is 0 Å². The molecule has 3 aromatic carbocycles. The Balaban J connectivity index is 0.000000398. The Hall–Kier alpha value is -2.98. The predicted molar refractivity (Wildman–Crippen MR) is 141 cm³/mol. The maximum Gasteiger partial charge on any atom is 0.411 e. The second-order valence-electron chi connectivity index (χ2n) is 8.77. The van der Waals surface area contributed by atoms with Crippen LogP contribution in [0.25, 0.3) is 0 Å². The Morgan fingerprint density at radius 2 is 1.74 bits per heavy atom. The van der Waals surface area contributed by atoms with Crippen molar-refractivity contribution in [3.05, 3.63) is 95.1 Å². The van der Waals surface area contributed by atoms with E-state index in [0.717, 1.165) is 43.6 Å². The molecule has 1 amide bonds. The van der Waals surface area contributed by atoms with Crippen LogP contribution in [0, 0.1) is 6.92 Å². The molecule has 2 aliphatic rings. The van der Waals surface area contributed by atoms with Crippen LogP contribution in [0.5, 0.6) is 0 Å². The SMILES string of the molecule is Cc1c(NC(=O)OCCCCl)cc2c3c1CCCN3CCC2c1ccccc1.c1ccccc1. The average Bonchev–Trinajstić information content (AvgIpc) is 2.89. The summed E-state index contributed by atoms with van der Waals surface area (Å²) in [5, 5.41) is 2.98. The van der Waals surface area contributed by atoms with Crippen molar-refractivity contribution in [3.63, 3.8) is 0 Å². The number of hydrogen-bond acceptors (Lipinski definition) is 3. The number of carbonyl (C=O) groups is 1. The molecule has 2 heterocycles. The fourth-order valence-electron chi connectivity index (χ4n) is 4.93. The van der Waals surface area contributed by atoms with E-state index >= 15 is 0 Å². The summed E-state index contributed by atoms with van der Waals surface area (Å²) in [4.78, 5) is 14.8. The summed E-state index contributed by atoms with van der Waals surface area (Å²) in [7, 11) is 0. The van der Waals surface area contributed by atoms with Crippen LogP contribution in [0.4, 0.5) is 16.2 Å². The molecule has 1 N–H and O–H groups in total. The normalized spacial score (nSPS) is 16.1. The van der Waals surface area contributed by atoms with Crippen molar-refractivity contribution < 1.29 is 9.53 Å². The largest absolute Gasteiger partial charge is 0.449 e. The topological polar surface area (TPSA) is 41.6 Å². The molecule has 0 spiro atoms. The Labute approximate surface area is 207 Å². The summed E-state index contributed by atoms with van der Waals surface area (Å²) in [5.41, 5.74) is 7.47. The van der Waals surface area contributed by atoms with Gasteiger partial charge in [-0.2, -0.15) is 0 Å². The Kier molecular flexibility index (Phi) is 8.48. The molecule has 1 unspecified atom stereocenters. The zero-order valence-corrected chi connectivity index (χ0v) is 20.6. The first-order valence-electron chi connectivity index (χ1n) is 12.1. The van der Waals surface area contributed by atoms with E-state index in [2.05, 4.69) is 53.5 Å². The van der Waals surface area contributed by atoms with E-state index in [1.165, 1.54) is 22.4 Å². The van der Waals surface area contributed by atoms with Crippen molar-refractivity contribution in [2.75, 3.05) is 35.8 Å². The summed E-state index contributed by atoms with van der Waals surface area (Å²) < 4.78 is 5.26. The number of benzene rings is 3. The summed E-state index contributed by atoms with van der Waals surface area (Å²) >= 11 is 5.67. The van der Waals surface area contributed by atoms with Crippen LogP contribution in [0.1, 0.15) is 47.4 Å². The maximum atomic E-state index is 12.3. The first-order chi connectivity index (χ1) is 16.7. The molecular weight excluding hydrogens is 444 g/mol. The molecule has 5 rings (SSSR count). The number of anilines is 2. The van der Waals surface area contributed by atoms with Crippen molar-refractivity contribution in [1.29, 1.82) is 0 Å². The monoisotopic (exact) mass is 476 g/mol. The molecule has 3 aromatic rings. The highest BCUT2D eigenvalue weighted by Gasteiger charge is 2.32. The lowest BCUT2D eigenvalue weighted by Gasteiger charge is -2.41. The molecule has 0 radical (unpaired) electrons. The third kappa shape index (κ3) is 5.74. The van der Waals surface area contributed by atoms with Gasteiger partial charge in [-0.1, -0.05) is 66.7 Å². The summed E-state index contributed by atoms with van der Waals surface area (Å²) in [6.07, 6.45) is 3.57. The third-order valence-corrected chi connectivity index (χ3v) is 6.83. The Morgan fingerprint density at radius 1 is 1.06 bits per heavy atom. The quantitative estimate of drug-likeness (QED) is 0.314. The standard InChI is InChI=1S/C23H27ClN2O2.C6H6/c1-16-18-9-5-12-26-13-10-19(17-7-3-2-4-8-17)20(22(18)26)15-21(16)25-23(27)28-14-6-11-24;1-2-4-6-5-3-1/h2-4,7-8,15,19H,5-6,9-14H2,1H3,(H,25,27);1-6H. The van der Waals surface area contributed by atoms with E-state index in [1.807, 2.05) is 36.4 Å². The van der Waals surface area contributed by atoms with E-state index in [9.17, 15) is 4.79 Å². The molecule has 4 nitrogen and oxygen atoms in total. The van der Waals surface area contributed by atoms with Gasteiger partial charge in [0.25, 0.3) is 0 Å². The molecule has 1 atom stereocenters. The molecular formula is C29H33ClN2O2. The van der Waals surface area contributed by atoms with Gasteiger partial charge in [-0.15, -0.1) is 11.6 Å². The van der Waals surface area contributed by atoms with Gasteiger partial charge < -0.3 is 9.64 Å². The summed E-state index contributed by atoms with van der Waals surface area (Å²) in [5.74, 6) is 0.849. The lowest BCUT2D eigenvalue weighted by molar-refractivity contribution is 0.162. The number of alkyl halides is 1. The van der Waals surface area contributed by atoms with Crippen LogP contribution in [-0.4, -0.2) is 31.7 Å². The van der Waals surface area contributed by atoms with Gasteiger partial charge in [-0.05, 0) is 60.9 Å². The first kappa shape index (κ1) is 24.2. The molecule has 0 bridgehead atoms. The summed E-state index contributed by atoms with van der Waals surface area (Å²) in [6, 6.07) is 24.9. The summed E-state index contributed by atoms with van der Waals surface area (Å²) in [6.45, 7) is 4.66. The minimum atomic E-state index is -0.403. The van der Waals surface area contributed by atoms with Gasteiger partial charge in [0, 0.05) is 36.3 Å². The highest BCUT2D eigenvalue weighted by Crippen LogP contribution is 2.46. The average molecular weight is 477 g/mol. The molecule has 178 valence electrons. The zero-order chi connectivity index (χ0) is 23.8. The minimum Gasteiger partial charge on any atom is -0.449 e. The van der Waals surface area contributed by atoms with Gasteiger partial charge in [-0.3, -0.25) is 5.32 Å². The molecule has 0 saturated carbocycles. The van der Waals surface area contributed by atoms with E-state index in [-0.39, 0.29) is 0 Å². The first-order valence-corrected chi connectivity index (χ1v) is 12.7. The van der Waals surface area contributed by atoms with Gasteiger partial charge >= 0.3 is 6.09 Å². The molecule has 5 heteroatoms. The van der Waals surface area contributed by atoms with Crippen molar-refractivity contribution in [2.24, 2.45) is 0 Å². The molecule has 0 aromatic heterocycles. The lowest BCUT2D eigenvalue weighted by Crippen LogP contribution is -2.36. The number of nitrogens with zero attached hydrogens (tertiary/aromatic N) is 1. The highest BCUT2D eigenvalue weighted by atomic mass is 35.5. The van der Waals surface area contributed by atoms with Crippen molar-refractivity contribution in [3.8, 4) is 0 Å². The van der Waals surface area contributed by atoms with Crippen molar-refractivity contribution in [1.82, 2.24) is 0 Å². The van der Waals surface area contributed by atoms with E-state index < -0.39 is 6.09 Å². The van der Waals surface area contributed by atoms with E-state index in [1.54, 1.807) is 0 Å². The second kappa shape index (κ2) is 11.9. The number of hydrogen-bond donors (Lipinski definition) is 1. The van der Waals surface area contributed by atoms with Gasteiger partial charge in [0.15, 0.2) is 0 Å². The van der Waals surface area contributed by atoms with Crippen LogP contribution < -0.4 is 10.2 Å². The third-order valence-electron chi connectivity index (χ3n) is 6.57. The molecule has 2 aliphatic heterocycles. The van der Waals surface area contributed by atoms with Gasteiger partial charge in [0.1, 0.15) is 0 Å². The molecule has 0 saturated heterocycles. The van der Waals surface area contributed by atoms with Crippen LogP contribution in [0.15, 0.2) is 72.8 Å².